The van der Waals surface area contributed by atoms with Gasteiger partial charge in [0.05, 0.1) is 5.02 Å². The Bertz CT molecular complexity index is 463. The molecular formula is C13H16ClNO2. The highest BCUT2D eigenvalue weighted by Crippen LogP contribution is 2.50. The molecule has 4 heteroatoms. The van der Waals surface area contributed by atoms with Crippen LogP contribution in [0.5, 0.6) is 11.5 Å². The molecule has 0 radical (unpaired) electrons. The van der Waals surface area contributed by atoms with Crippen molar-refractivity contribution < 1.29 is 9.47 Å². The zero-order chi connectivity index (χ0) is 12.0. The van der Waals surface area contributed by atoms with E-state index < -0.39 is 0 Å². The van der Waals surface area contributed by atoms with Crippen LogP contribution < -0.4 is 15.2 Å². The highest BCUT2D eigenvalue weighted by atomic mass is 35.5. The third-order valence-electron chi connectivity index (χ3n) is 4.10. The average Bonchev–Trinajstić information content (AvgIpc) is 2.72. The summed E-state index contributed by atoms with van der Waals surface area (Å²) in [7, 11) is 0. The van der Waals surface area contributed by atoms with E-state index in [0.717, 1.165) is 40.5 Å². The number of benzene rings is 1. The monoisotopic (exact) mass is 253 g/mol. The summed E-state index contributed by atoms with van der Waals surface area (Å²) < 4.78 is 10.9. The maximum atomic E-state index is 6.46. The lowest BCUT2D eigenvalue weighted by atomic mass is 9.64. The molecule has 0 atom stereocenters. The lowest BCUT2D eigenvalue weighted by Gasteiger charge is -2.42. The molecule has 1 aliphatic heterocycles. The Labute approximate surface area is 106 Å². The molecule has 1 heterocycles. The Hall–Kier alpha value is -0.930. The minimum absolute atomic E-state index is 0.0584. The van der Waals surface area contributed by atoms with Crippen LogP contribution in [0.1, 0.15) is 30.4 Å². The predicted octanol–water partition coefficient (Wildman–Crippen LogP) is 2.76. The van der Waals surface area contributed by atoms with Gasteiger partial charge in [-0.1, -0.05) is 18.0 Å². The molecule has 0 unspecified atom stereocenters. The summed E-state index contributed by atoms with van der Waals surface area (Å²) in [6.45, 7) is 2.90. The van der Waals surface area contributed by atoms with Crippen LogP contribution in [0.3, 0.4) is 0 Å². The van der Waals surface area contributed by atoms with Gasteiger partial charge in [-0.2, -0.15) is 0 Å². The van der Waals surface area contributed by atoms with Crippen molar-refractivity contribution in [3.8, 4) is 11.5 Å². The molecule has 0 saturated heterocycles. The molecular weight excluding hydrogens is 238 g/mol. The third-order valence-corrected chi connectivity index (χ3v) is 4.58. The van der Waals surface area contributed by atoms with Crippen LogP contribution in [0.4, 0.5) is 0 Å². The Morgan fingerprint density at radius 2 is 2.18 bits per heavy atom. The first-order chi connectivity index (χ1) is 8.18. The van der Waals surface area contributed by atoms with E-state index in [9.17, 15) is 0 Å². The van der Waals surface area contributed by atoms with Gasteiger partial charge in [0, 0.05) is 17.5 Å². The number of hydrogen-bond acceptors (Lipinski definition) is 3. The van der Waals surface area contributed by atoms with E-state index in [0.29, 0.717) is 6.54 Å². The number of hydrogen-bond donors (Lipinski definition) is 1. The molecule has 0 amide bonds. The first-order valence-corrected chi connectivity index (χ1v) is 6.35. The van der Waals surface area contributed by atoms with Crippen LogP contribution >= 0.6 is 11.6 Å². The van der Waals surface area contributed by atoms with E-state index in [1.54, 1.807) is 0 Å². The maximum absolute atomic E-state index is 6.46. The first-order valence-electron chi connectivity index (χ1n) is 5.97. The Morgan fingerprint density at radius 1 is 1.41 bits per heavy atom. The molecule has 1 saturated carbocycles. The van der Waals surface area contributed by atoms with E-state index in [1.807, 2.05) is 13.0 Å². The minimum atomic E-state index is 0.0584. The van der Waals surface area contributed by atoms with Crippen molar-refractivity contribution >= 4 is 11.6 Å². The smallest absolute Gasteiger partial charge is 0.231 e. The SMILES string of the molecule is Cc1c(Cl)c(C2(CN)CCC2)cc2c1OCO2. The fourth-order valence-corrected chi connectivity index (χ4v) is 3.10. The third kappa shape index (κ3) is 1.45. The van der Waals surface area contributed by atoms with Crippen LogP contribution in [0.25, 0.3) is 0 Å². The van der Waals surface area contributed by atoms with Gasteiger partial charge in [0.2, 0.25) is 6.79 Å². The predicted molar refractivity (Wildman–Crippen MR) is 66.9 cm³/mol. The van der Waals surface area contributed by atoms with Crippen LogP contribution in [0.15, 0.2) is 6.07 Å². The van der Waals surface area contributed by atoms with Crippen LogP contribution in [-0.4, -0.2) is 13.3 Å². The molecule has 0 bridgehead atoms. The quantitative estimate of drug-likeness (QED) is 0.882. The number of rotatable bonds is 2. The molecule has 2 N–H and O–H groups in total. The van der Waals surface area contributed by atoms with E-state index >= 15 is 0 Å². The Kier molecular flexibility index (Phi) is 2.49. The largest absolute Gasteiger partial charge is 0.454 e. The van der Waals surface area contributed by atoms with Crippen molar-refractivity contribution in [3.63, 3.8) is 0 Å². The molecule has 1 aliphatic carbocycles. The standard InChI is InChI=1S/C13H16ClNO2/c1-8-11(14)9(13(6-15)3-2-4-13)5-10-12(8)17-7-16-10/h5H,2-4,6-7,15H2,1H3. The summed E-state index contributed by atoms with van der Waals surface area (Å²) in [5, 5.41) is 0.791. The van der Waals surface area contributed by atoms with E-state index in [-0.39, 0.29) is 12.2 Å². The van der Waals surface area contributed by atoms with Gasteiger partial charge in [0.25, 0.3) is 0 Å². The van der Waals surface area contributed by atoms with Crippen molar-refractivity contribution in [3.05, 3.63) is 22.2 Å². The lowest BCUT2D eigenvalue weighted by Crippen LogP contribution is -2.41. The van der Waals surface area contributed by atoms with Crippen molar-refractivity contribution in [2.24, 2.45) is 5.73 Å². The lowest BCUT2D eigenvalue weighted by molar-refractivity contribution is 0.173. The Morgan fingerprint density at radius 3 is 2.76 bits per heavy atom. The number of nitrogens with two attached hydrogens (primary N) is 1. The van der Waals surface area contributed by atoms with E-state index in [4.69, 9.17) is 26.8 Å². The van der Waals surface area contributed by atoms with Gasteiger partial charge in [-0.3, -0.25) is 0 Å². The highest BCUT2D eigenvalue weighted by molar-refractivity contribution is 6.32. The average molecular weight is 254 g/mol. The van der Waals surface area contributed by atoms with Crippen molar-refractivity contribution in [2.75, 3.05) is 13.3 Å². The van der Waals surface area contributed by atoms with Gasteiger partial charge >= 0.3 is 0 Å². The van der Waals surface area contributed by atoms with Gasteiger partial charge in [0.15, 0.2) is 11.5 Å². The van der Waals surface area contributed by atoms with Gasteiger partial charge in [-0.25, -0.2) is 0 Å². The highest BCUT2D eigenvalue weighted by Gasteiger charge is 2.40. The van der Waals surface area contributed by atoms with Crippen LogP contribution in [-0.2, 0) is 5.41 Å². The molecule has 1 fully saturated rings. The fraction of sp³-hybridized carbons (Fsp3) is 0.538. The second kappa shape index (κ2) is 3.79. The summed E-state index contributed by atoms with van der Waals surface area (Å²) in [4.78, 5) is 0. The second-order valence-electron chi connectivity index (χ2n) is 4.93. The summed E-state index contributed by atoms with van der Waals surface area (Å²) >= 11 is 6.46. The second-order valence-corrected chi connectivity index (χ2v) is 5.31. The van der Waals surface area contributed by atoms with Gasteiger partial charge in [-0.15, -0.1) is 0 Å². The first kappa shape index (κ1) is 11.2. The summed E-state index contributed by atoms with van der Waals surface area (Å²) in [6, 6.07) is 2.02. The summed E-state index contributed by atoms with van der Waals surface area (Å²) in [5.74, 6) is 1.59. The number of fused-ring (bicyclic) bond motifs is 1. The van der Waals surface area contributed by atoms with E-state index in [2.05, 4.69) is 0 Å². The zero-order valence-corrected chi connectivity index (χ0v) is 10.6. The van der Waals surface area contributed by atoms with Crippen molar-refractivity contribution in [2.45, 2.75) is 31.6 Å². The minimum Gasteiger partial charge on any atom is -0.454 e. The van der Waals surface area contributed by atoms with Crippen molar-refractivity contribution in [1.29, 1.82) is 0 Å². The molecule has 2 aliphatic rings. The molecule has 0 spiro atoms. The van der Waals surface area contributed by atoms with Crippen LogP contribution in [0.2, 0.25) is 5.02 Å². The summed E-state index contributed by atoms with van der Waals surface area (Å²) in [5.41, 5.74) is 8.10. The maximum Gasteiger partial charge on any atom is 0.231 e. The molecule has 0 aromatic heterocycles. The molecule has 1 aromatic rings. The van der Waals surface area contributed by atoms with Gasteiger partial charge in [-0.05, 0) is 31.4 Å². The molecule has 3 rings (SSSR count). The molecule has 92 valence electrons. The summed E-state index contributed by atoms with van der Waals surface area (Å²) in [6.07, 6.45) is 3.45. The molecule has 3 nitrogen and oxygen atoms in total. The van der Waals surface area contributed by atoms with Crippen molar-refractivity contribution in [1.82, 2.24) is 0 Å². The molecule has 17 heavy (non-hydrogen) atoms. The topological polar surface area (TPSA) is 44.5 Å². The molecule has 1 aromatic carbocycles. The zero-order valence-electron chi connectivity index (χ0n) is 9.88. The van der Waals surface area contributed by atoms with E-state index in [1.165, 1.54) is 6.42 Å². The van der Waals surface area contributed by atoms with Gasteiger partial charge < -0.3 is 15.2 Å². The number of ether oxygens (including phenoxy) is 2. The Balaban J connectivity index is 2.14. The van der Waals surface area contributed by atoms with Gasteiger partial charge in [0.1, 0.15) is 0 Å². The normalized spacial score (nSPS) is 20.2. The number of halogens is 1. The fourth-order valence-electron chi connectivity index (χ4n) is 2.76. The van der Waals surface area contributed by atoms with Crippen LogP contribution in [0, 0.1) is 6.92 Å².